The quantitative estimate of drug-likeness (QED) is 0.723. The van der Waals surface area contributed by atoms with Crippen molar-refractivity contribution in [3.05, 3.63) is 65.7 Å². The smallest absolute Gasteiger partial charge is 0.251 e. The first kappa shape index (κ1) is 17.1. The molecule has 3 rings (SSSR count). The highest BCUT2D eigenvalue weighted by Crippen LogP contribution is 2.28. The third kappa shape index (κ3) is 5.12. The van der Waals surface area contributed by atoms with Crippen molar-refractivity contribution in [2.45, 2.75) is 19.4 Å². The lowest BCUT2D eigenvalue weighted by atomic mass is 10.2. The summed E-state index contributed by atoms with van der Waals surface area (Å²) < 4.78 is 0. The molecule has 0 heterocycles. The predicted molar refractivity (Wildman–Crippen MR) is 101 cm³/mol. The first-order valence-corrected chi connectivity index (χ1v) is 8.56. The van der Waals surface area contributed by atoms with Gasteiger partial charge in [0, 0.05) is 23.7 Å². The zero-order valence-corrected chi connectivity index (χ0v) is 14.4. The molecule has 0 aliphatic heterocycles. The minimum atomic E-state index is -0.139. The number of benzene rings is 2. The summed E-state index contributed by atoms with van der Waals surface area (Å²) in [6, 6.07) is 16.7. The van der Waals surface area contributed by atoms with Gasteiger partial charge < -0.3 is 16.0 Å². The molecule has 0 spiro atoms. The Morgan fingerprint density at radius 3 is 2.32 bits per heavy atom. The van der Waals surface area contributed by atoms with Crippen LogP contribution in [-0.4, -0.2) is 16.9 Å². The number of hydrogen-bond acceptors (Lipinski definition) is 3. The first-order valence-electron chi connectivity index (χ1n) is 8.16. The Morgan fingerprint density at radius 1 is 1.00 bits per heavy atom. The van der Waals surface area contributed by atoms with Crippen LogP contribution in [0.15, 0.2) is 54.6 Å². The monoisotopic (exact) mass is 353 g/mol. The molecule has 0 bridgehead atoms. The average molecular weight is 353 g/mol. The maximum Gasteiger partial charge on any atom is 0.251 e. The van der Waals surface area contributed by atoms with Crippen LogP contribution < -0.4 is 16.0 Å². The van der Waals surface area contributed by atoms with Crippen molar-refractivity contribution in [1.82, 2.24) is 10.6 Å². The topological polar surface area (TPSA) is 70.2 Å². The van der Waals surface area contributed by atoms with E-state index in [1.807, 2.05) is 30.3 Å². The van der Waals surface area contributed by atoms with Crippen molar-refractivity contribution in [3.8, 4) is 0 Å². The van der Waals surface area contributed by atoms with Gasteiger partial charge in [-0.05, 0) is 54.9 Å². The number of rotatable bonds is 5. The predicted octanol–water partition coefficient (Wildman–Crippen LogP) is 2.84. The molecule has 1 aliphatic carbocycles. The van der Waals surface area contributed by atoms with Gasteiger partial charge in [-0.3, -0.25) is 9.59 Å². The molecule has 2 amide bonds. The number of hydrogen-bond donors (Lipinski definition) is 3. The van der Waals surface area contributed by atoms with E-state index >= 15 is 0 Å². The van der Waals surface area contributed by atoms with Crippen molar-refractivity contribution in [2.75, 3.05) is 5.32 Å². The maximum absolute atomic E-state index is 12.2. The van der Waals surface area contributed by atoms with Crippen LogP contribution in [0.1, 0.15) is 28.8 Å². The number of carbonyl (C=O) groups is 2. The highest BCUT2D eigenvalue weighted by Gasteiger charge is 2.29. The van der Waals surface area contributed by atoms with Gasteiger partial charge in [-0.1, -0.05) is 30.3 Å². The minimum Gasteiger partial charge on any atom is -0.348 e. The van der Waals surface area contributed by atoms with Crippen LogP contribution in [0.5, 0.6) is 0 Å². The van der Waals surface area contributed by atoms with Crippen LogP contribution in [0.3, 0.4) is 0 Å². The van der Waals surface area contributed by atoms with Crippen LogP contribution in [0.4, 0.5) is 5.69 Å². The Balaban J connectivity index is 1.49. The van der Waals surface area contributed by atoms with Gasteiger partial charge in [-0.2, -0.15) is 0 Å². The SMILES string of the molecule is O=C(NCc1ccccc1)c1ccc(NC(=S)NC(=O)C2CC2)cc1. The number of nitrogens with one attached hydrogen (secondary N) is 3. The summed E-state index contributed by atoms with van der Waals surface area (Å²) in [7, 11) is 0. The van der Waals surface area contributed by atoms with E-state index in [9.17, 15) is 9.59 Å². The van der Waals surface area contributed by atoms with E-state index in [2.05, 4.69) is 16.0 Å². The van der Waals surface area contributed by atoms with Gasteiger partial charge in [0.05, 0.1) is 0 Å². The van der Waals surface area contributed by atoms with Crippen LogP contribution in [0, 0.1) is 5.92 Å². The molecule has 2 aromatic carbocycles. The van der Waals surface area contributed by atoms with Gasteiger partial charge in [-0.15, -0.1) is 0 Å². The van der Waals surface area contributed by atoms with E-state index in [0.29, 0.717) is 12.1 Å². The minimum absolute atomic E-state index is 0.0330. The van der Waals surface area contributed by atoms with E-state index in [0.717, 1.165) is 24.1 Å². The summed E-state index contributed by atoms with van der Waals surface area (Å²) in [5.41, 5.74) is 2.33. The Bertz CT molecular complexity index is 771. The Kier molecular flexibility index (Phi) is 5.40. The van der Waals surface area contributed by atoms with Gasteiger partial charge >= 0.3 is 0 Å². The molecule has 1 fully saturated rings. The third-order valence-corrected chi connectivity index (χ3v) is 4.09. The van der Waals surface area contributed by atoms with E-state index in [1.165, 1.54) is 0 Å². The molecule has 0 radical (unpaired) electrons. The van der Waals surface area contributed by atoms with Crippen molar-refractivity contribution in [1.29, 1.82) is 0 Å². The van der Waals surface area contributed by atoms with Crippen molar-refractivity contribution in [3.63, 3.8) is 0 Å². The van der Waals surface area contributed by atoms with E-state index in [1.54, 1.807) is 24.3 Å². The lowest BCUT2D eigenvalue weighted by molar-refractivity contribution is -0.120. The lowest BCUT2D eigenvalue weighted by Gasteiger charge is -2.10. The summed E-state index contributed by atoms with van der Waals surface area (Å²) in [6.07, 6.45) is 1.86. The van der Waals surface area contributed by atoms with Crippen LogP contribution in [0.2, 0.25) is 0 Å². The lowest BCUT2D eigenvalue weighted by Crippen LogP contribution is -2.35. The third-order valence-electron chi connectivity index (χ3n) is 3.89. The fourth-order valence-corrected chi connectivity index (χ4v) is 2.53. The molecule has 25 heavy (non-hydrogen) atoms. The standard InChI is InChI=1S/C19H19N3O2S/c23-17(20-12-13-4-2-1-3-5-13)14-8-10-16(11-9-14)21-19(25)22-18(24)15-6-7-15/h1-5,8-11,15H,6-7,12H2,(H,20,23)(H2,21,22,24,25). The summed E-state index contributed by atoms with van der Waals surface area (Å²) in [6.45, 7) is 0.483. The van der Waals surface area contributed by atoms with Crippen LogP contribution >= 0.6 is 12.2 Å². The zero-order valence-electron chi connectivity index (χ0n) is 13.6. The Labute approximate surface area is 151 Å². The molecular weight excluding hydrogens is 334 g/mol. The van der Waals surface area contributed by atoms with Crippen LogP contribution in [-0.2, 0) is 11.3 Å². The van der Waals surface area contributed by atoms with Gasteiger partial charge in [-0.25, -0.2) is 0 Å². The van der Waals surface area contributed by atoms with Gasteiger partial charge in [0.2, 0.25) is 5.91 Å². The summed E-state index contributed by atoms with van der Waals surface area (Å²) in [4.78, 5) is 23.8. The maximum atomic E-state index is 12.2. The van der Waals surface area contributed by atoms with Gasteiger partial charge in [0.1, 0.15) is 0 Å². The molecule has 0 atom stereocenters. The van der Waals surface area contributed by atoms with Crippen molar-refractivity contribution < 1.29 is 9.59 Å². The normalized spacial score (nSPS) is 13.0. The van der Waals surface area contributed by atoms with Crippen LogP contribution in [0.25, 0.3) is 0 Å². The second kappa shape index (κ2) is 7.90. The number of carbonyl (C=O) groups excluding carboxylic acids is 2. The number of amides is 2. The fraction of sp³-hybridized carbons (Fsp3) is 0.211. The molecule has 5 nitrogen and oxygen atoms in total. The highest BCUT2D eigenvalue weighted by molar-refractivity contribution is 7.80. The summed E-state index contributed by atoms with van der Waals surface area (Å²) >= 11 is 5.12. The highest BCUT2D eigenvalue weighted by atomic mass is 32.1. The zero-order chi connectivity index (χ0) is 17.6. The number of thiocarbonyl (C=S) groups is 1. The molecule has 2 aromatic rings. The molecule has 3 N–H and O–H groups in total. The molecule has 0 saturated heterocycles. The summed E-state index contributed by atoms with van der Waals surface area (Å²) in [5.74, 6) is -0.0649. The van der Waals surface area contributed by atoms with E-state index in [4.69, 9.17) is 12.2 Å². The van der Waals surface area contributed by atoms with Gasteiger partial charge in [0.25, 0.3) is 5.91 Å². The fourth-order valence-electron chi connectivity index (χ4n) is 2.31. The first-order chi connectivity index (χ1) is 12.1. The average Bonchev–Trinajstić information content (AvgIpc) is 3.46. The molecule has 0 unspecified atom stereocenters. The van der Waals surface area contributed by atoms with Crippen molar-refractivity contribution >= 4 is 34.8 Å². The van der Waals surface area contributed by atoms with E-state index in [-0.39, 0.29) is 22.8 Å². The molecule has 1 aliphatic rings. The second-order valence-electron chi connectivity index (χ2n) is 5.96. The number of anilines is 1. The van der Waals surface area contributed by atoms with Crippen molar-refractivity contribution in [2.24, 2.45) is 5.92 Å². The summed E-state index contributed by atoms with van der Waals surface area (Å²) in [5, 5.41) is 8.77. The molecule has 1 saturated carbocycles. The molecule has 128 valence electrons. The Morgan fingerprint density at radius 2 is 1.68 bits per heavy atom. The Hall–Kier alpha value is -2.73. The molecular formula is C19H19N3O2S. The van der Waals surface area contributed by atoms with E-state index < -0.39 is 0 Å². The molecule has 0 aromatic heterocycles. The van der Waals surface area contributed by atoms with Gasteiger partial charge in [0.15, 0.2) is 5.11 Å². The second-order valence-corrected chi connectivity index (χ2v) is 6.37. The largest absolute Gasteiger partial charge is 0.348 e. The molecule has 6 heteroatoms.